The molecule has 0 bridgehead atoms. The molecule has 0 atom stereocenters. The lowest BCUT2D eigenvalue weighted by atomic mass is 10.2. The van der Waals surface area contributed by atoms with Gasteiger partial charge in [0.05, 0.1) is 5.69 Å². The topological polar surface area (TPSA) is 62.5 Å². The molecule has 0 aliphatic carbocycles. The fourth-order valence-corrected chi connectivity index (χ4v) is 2.88. The monoisotopic (exact) mass is 323 g/mol. The minimum atomic E-state index is 0. The molecule has 0 radical (unpaired) electrons. The van der Waals surface area contributed by atoms with Gasteiger partial charge < -0.3 is 10.2 Å². The molecular formula is C15H22ClN5O. The van der Waals surface area contributed by atoms with E-state index in [-0.39, 0.29) is 18.3 Å². The lowest BCUT2D eigenvalue weighted by molar-refractivity contribution is 0.0767. The lowest BCUT2D eigenvalue weighted by Gasteiger charge is -2.19. The lowest BCUT2D eigenvalue weighted by Crippen LogP contribution is -2.34. The summed E-state index contributed by atoms with van der Waals surface area (Å²) in [4.78, 5) is 19.3. The number of fused-ring (bicyclic) bond motifs is 1. The zero-order chi connectivity index (χ0) is 15.0. The summed E-state index contributed by atoms with van der Waals surface area (Å²) in [6.45, 7) is 9.14. The normalized spacial score (nSPS) is 15.5. The highest BCUT2D eigenvalue weighted by Crippen LogP contribution is 2.18. The Morgan fingerprint density at radius 1 is 1.23 bits per heavy atom. The van der Waals surface area contributed by atoms with Crippen molar-refractivity contribution in [2.75, 3.05) is 26.2 Å². The fraction of sp³-hybridized carbons (Fsp3) is 0.533. The average molecular weight is 324 g/mol. The van der Waals surface area contributed by atoms with Gasteiger partial charge in [0.1, 0.15) is 5.56 Å². The largest absolute Gasteiger partial charge is 0.337 e. The van der Waals surface area contributed by atoms with Crippen LogP contribution < -0.4 is 5.32 Å². The predicted octanol–water partition coefficient (Wildman–Crippen LogP) is 1.51. The average Bonchev–Trinajstić information content (AvgIpc) is 2.64. The van der Waals surface area contributed by atoms with Crippen molar-refractivity contribution in [1.29, 1.82) is 0 Å². The first-order valence-electron chi connectivity index (χ1n) is 7.41. The molecule has 0 aromatic carbocycles. The summed E-state index contributed by atoms with van der Waals surface area (Å²) in [5.74, 6) is 0.0451. The molecular weight excluding hydrogens is 302 g/mol. The maximum Gasteiger partial charge on any atom is 0.259 e. The number of aromatic nitrogens is 3. The Morgan fingerprint density at radius 2 is 2.00 bits per heavy atom. The minimum absolute atomic E-state index is 0. The van der Waals surface area contributed by atoms with E-state index in [0.29, 0.717) is 11.2 Å². The molecule has 1 aliphatic rings. The van der Waals surface area contributed by atoms with E-state index in [1.165, 1.54) is 0 Å². The van der Waals surface area contributed by atoms with Crippen LogP contribution in [0.15, 0.2) is 6.07 Å². The molecule has 2 aromatic rings. The number of carbonyl (C=O) groups is 1. The van der Waals surface area contributed by atoms with E-state index >= 15 is 0 Å². The van der Waals surface area contributed by atoms with E-state index in [1.807, 2.05) is 31.7 Å². The second-order valence-corrected chi connectivity index (χ2v) is 5.63. The van der Waals surface area contributed by atoms with E-state index in [1.54, 1.807) is 4.52 Å². The molecule has 1 saturated heterocycles. The first kappa shape index (κ1) is 16.7. The summed E-state index contributed by atoms with van der Waals surface area (Å²) in [6, 6.07) is 1.98. The molecule has 6 nitrogen and oxygen atoms in total. The van der Waals surface area contributed by atoms with Crippen LogP contribution in [0.25, 0.3) is 5.65 Å². The maximum atomic E-state index is 12.9. The van der Waals surface area contributed by atoms with Gasteiger partial charge in [0.25, 0.3) is 5.91 Å². The standard InChI is InChI=1S/C15H21N5O.ClH/c1-10-9-11(2)20-14(17-10)13(12(3)18-20)15(21)19-7-4-5-16-6-8-19;/h9,16H,4-8H2,1-3H3;1H. The van der Waals surface area contributed by atoms with E-state index in [0.717, 1.165) is 49.7 Å². The Kier molecular flexibility index (Phi) is 5.03. The number of rotatable bonds is 1. The van der Waals surface area contributed by atoms with Gasteiger partial charge in [0, 0.05) is 31.0 Å². The Balaban J connectivity index is 0.00000176. The second-order valence-electron chi connectivity index (χ2n) is 5.63. The molecule has 1 N–H and O–H groups in total. The fourth-order valence-electron chi connectivity index (χ4n) is 2.88. The van der Waals surface area contributed by atoms with Crippen molar-refractivity contribution in [1.82, 2.24) is 24.8 Å². The van der Waals surface area contributed by atoms with Crippen LogP contribution in [0.5, 0.6) is 0 Å². The zero-order valence-corrected chi connectivity index (χ0v) is 14.0. The Hall–Kier alpha value is -1.66. The van der Waals surface area contributed by atoms with E-state index < -0.39 is 0 Å². The third-order valence-electron chi connectivity index (χ3n) is 3.91. The summed E-state index contributed by atoms with van der Waals surface area (Å²) in [5.41, 5.74) is 3.97. The second kappa shape index (κ2) is 6.62. The van der Waals surface area contributed by atoms with E-state index in [9.17, 15) is 4.79 Å². The molecule has 22 heavy (non-hydrogen) atoms. The highest BCUT2D eigenvalue weighted by molar-refractivity contribution is 6.01. The van der Waals surface area contributed by atoms with Crippen LogP contribution in [0.1, 0.15) is 33.9 Å². The molecule has 3 rings (SSSR count). The summed E-state index contributed by atoms with van der Waals surface area (Å²) in [7, 11) is 0. The number of hydrogen-bond donors (Lipinski definition) is 1. The molecule has 0 unspecified atom stereocenters. The Bertz CT molecular complexity index is 689. The zero-order valence-electron chi connectivity index (χ0n) is 13.2. The van der Waals surface area contributed by atoms with Crippen molar-refractivity contribution in [3.8, 4) is 0 Å². The van der Waals surface area contributed by atoms with Crippen molar-refractivity contribution < 1.29 is 4.79 Å². The summed E-state index contributed by atoms with van der Waals surface area (Å²) in [6.07, 6.45) is 0.982. The highest BCUT2D eigenvalue weighted by Gasteiger charge is 2.24. The first-order valence-corrected chi connectivity index (χ1v) is 7.41. The van der Waals surface area contributed by atoms with Gasteiger partial charge in [-0.3, -0.25) is 4.79 Å². The van der Waals surface area contributed by atoms with Gasteiger partial charge in [-0.15, -0.1) is 12.4 Å². The van der Waals surface area contributed by atoms with E-state index in [4.69, 9.17) is 0 Å². The minimum Gasteiger partial charge on any atom is -0.337 e. The molecule has 0 saturated carbocycles. The summed E-state index contributed by atoms with van der Waals surface area (Å²) in [5, 5.41) is 7.80. The quantitative estimate of drug-likeness (QED) is 0.864. The molecule has 120 valence electrons. The van der Waals surface area contributed by atoms with Crippen LogP contribution in [-0.4, -0.2) is 51.6 Å². The molecule has 1 amide bonds. The van der Waals surface area contributed by atoms with Gasteiger partial charge in [-0.1, -0.05) is 0 Å². The van der Waals surface area contributed by atoms with Gasteiger partial charge in [0.2, 0.25) is 0 Å². The molecule has 1 fully saturated rings. The van der Waals surface area contributed by atoms with Crippen LogP contribution in [0.3, 0.4) is 0 Å². The van der Waals surface area contributed by atoms with Crippen molar-refractivity contribution in [3.63, 3.8) is 0 Å². The van der Waals surface area contributed by atoms with Gasteiger partial charge in [-0.05, 0) is 39.8 Å². The molecule has 2 aromatic heterocycles. The third-order valence-corrected chi connectivity index (χ3v) is 3.91. The molecule has 1 aliphatic heterocycles. The van der Waals surface area contributed by atoms with Crippen LogP contribution in [0.2, 0.25) is 0 Å². The van der Waals surface area contributed by atoms with Crippen molar-refractivity contribution in [2.45, 2.75) is 27.2 Å². The number of amides is 1. The predicted molar refractivity (Wildman–Crippen MR) is 87.8 cm³/mol. The van der Waals surface area contributed by atoms with Crippen molar-refractivity contribution >= 4 is 24.0 Å². The van der Waals surface area contributed by atoms with Crippen LogP contribution in [0.4, 0.5) is 0 Å². The van der Waals surface area contributed by atoms with Gasteiger partial charge in [-0.25, -0.2) is 9.50 Å². The third kappa shape index (κ3) is 2.94. The van der Waals surface area contributed by atoms with Gasteiger partial charge >= 0.3 is 0 Å². The number of nitrogens with zero attached hydrogens (tertiary/aromatic N) is 4. The van der Waals surface area contributed by atoms with Crippen LogP contribution >= 0.6 is 12.4 Å². The van der Waals surface area contributed by atoms with E-state index in [2.05, 4.69) is 15.4 Å². The number of carbonyl (C=O) groups excluding carboxylic acids is 1. The highest BCUT2D eigenvalue weighted by atomic mass is 35.5. The Labute approximate surface area is 136 Å². The smallest absolute Gasteiger partial charge is 0.259 e. The molecule has 7 heteroatoms. The number of nitrogens with one attached hydrogen (secondary N) is 1. The summed E-state index contributed by atoms with van der Waals surface area (Å²) < 4.78 is 1.77. The number of halogens is 1. The first-order chi connectivity index (χ1) is 10.1. The summed E-state index contributed by atoms with van der Waals surface area (Å²) >= 11 is 0. The van der Waals surface area contributed by atoms with Gasteiger partial charge in [0.15, 0.2) is 5.65 Å². The molecule has 0 spiro atoms. The van der Waals surface area contributed by atoms with Crippen molar-refractivity contribution in [2.24, 2.45) is 0 Å². The molecule has 3 heterocycles. The SMILES string of the molecule is Cc1cc(C)n2nc(C)c(C(=O)N3CCCNCC3)c2n1.Cl. The van der Waals surface area contributed by atoms with Crippen LogP contribution in [0, 0.1) is 20.8 Å². The number of hydrogen-bond acceptors (Lipinski definition) is 4. The Morgan fingerprint density at radius 3 is 2.77 bits per heavy atom. The van der Waals surface area contributed by atoms with Crippen molar-refractivity contribution in [3.05, 3.63) is 28.7 Å². The van der Waals surface area contributed by atoms with Gasteiger partial charge in [-0.2, -0.15) is 5.10 Å². The van der Waals surface area contributed by atoms with Crippen LogP contribution in [-0.2, 0) is 0 Å². The number of aryl methyl sites for hydroxylation is 3. The maximum absolute atomic E-state index is 12.9.